The molecule has 0 spiro atoms. The maximum atomic E-state index is 12.9. The number of nitrogens with zero attached hydrogens (tertiary/aromatic N) is 5. The molecule has 4 heterocycles. The zero-order valence-electron chi connectivity index (χ0n) is 19.4. The van der Waals surface area contributed by atoms with E-state index in [4.69, 9.17) is 14.6 Å². The molecule has 0 bridgehead atoms. The number of carbonyl (C=O) groups is 1. The highest BCUT2D eigenvalue weighted by atomic mass is 16.5. The van der Waals surface area contributed by atoms with Gasteiger partial charge < -0.3 is 19.3 Å². The predicted octanol–water partition coefficient (Wildman–Crippen LogP) is 3.64. The summed E-state index contributed by atoms with van der Waals surface area (Å²) in [4.78, 5) is 22.0. The zero-order valence-corrected chi connectivity index (χ0v) is 19.4. The van der Waals surface area contributed by atoms with Crippen LogP contribution in [0.3, 0.4) is 0 Å². The number of methoxy groups -OCH3 is 2. The highest BCUT2D eigenvalue weighted by Gasteiger charge is 2.30. The number of aromatic nitrogens is 3. The lowest BCUT2D eigenvalue weighted by atomic mass is 9.94. The van der Waals surface area contributed by atoms with Crippen molar-refractivity contribution in [3.63, 3.8) is 0 Å². The third kappa shape index (κ3) is 4.21. The molecule has 8 nitrogen and oxygen atoms in total. The van der Waals surface area contributed by atoms with Crippen molar-refractivity contribution < 1.29 is 14.3 Å². The molecule has 0 unspecified atom stereocenters. The maximum Gasteiger partial charge on any atom is 0.225 e. The highest BCUT2D eigenvalue weighted by molar-refractivity contribution is 5.80. The number of likely N-dealkylation sites (tertiary alicyclic amines) is 1. The van der Waals surface area contributed by atoms with E-state index in [0.717, 1.165) is 74.5 Å². The smallest absolute Gasteiger partial charge is 0.225 e. The van der Waals surface area contributed by atoms with Crippen LogP contribution in [0.15, 0.2) is 36.7 Å². The van der Waals surface area contributed by atoms with Gasteiger partial charge in [0.15, 0.2) is 17.3 Å². The van der Waals surface area contributed by atoms with Crippen molar-refractivity contribution in [2.24, 2.45) is 5.92 Å². The molecule has 1 aromatic carbocycles. The van der Waals surface area contributed by atoms with E-state index in [1.54, 1.807) is 20.4 Å². The minimum Gasteiger partial charge on any atom is -0.493 e. The summed E-state index contributed by atoms with van der Waals surface area (Å²) in [5.74, 6) is 2.76. The van der Waals surface area contributed by atoms with E-state index in [1.165, 1.54) is 6.42 Å². The number of hydrogen-bond acceptors (Lipinski definition) is 6. The average molecular weight is 450 g/mol. The number of rotatable bonds is 5. The average Bonchev–Trinajstić information content (AvgIpc) is 3.33. The van der Waals surface area contributed by atoms with E-state index in [9.17, 15) is 4.79 Å². The second-order valence-electron chi connectivity index (χ2n) is 8.83. The Balaban J connectivity index is 1.35. The second-order valence-corrected chi connectivity index (χ2v) is 8.83. The van der Waals surface area contributed by atoms with Gasteiger partial charge in [-0.1, -0.05) is 0 Å². The first-order valence-corrected chi connectivity index (χ1v) is 11.8. The van der Waals surface area contributed by atoms with E-state index >= 15 is 0 Å². The molecule has 2 aromatic heterocycles. The molecule has 33 heavy (non-hydrogen) atoms. The standard InChI is InChI=1S/C25H31N5O3/c1-32-22-7-6-19(16-23(22)33-2)20-17-21-24(26-10-15-30(21)27-20)28-13-8-18(9-14-28)25(31)29-11-4-3-5-12-29/h6-7,10,15-18H,3-5,8-9,11-14H2,1-2H3. The third-order valence-corrected chi connectivity index (χ3v) is 6.86. The van der Waals surface area contributed by atoms with E-state index in [1.807, 2.05) is 28.9 Å². The van der Waals surface area contributed by atoms with Gasteiger partial charge in [0.05, 0.1) is 19.9 Å². The summed E-state index contributed by atoms with van der Waals surface area (Å²) < 4.78 is 12.7. The van der Waals surface area contributed by atoms with Crippen LogP contribution in [0.5, 0.6) is 11.5 Å². The maximum absolute atomic E-state index is 12.9. The van der Waals surface area contributed by atoms with Gasteiger partial charge in [0, 0.05) is 50.1 Å². The van der Waals surface area contributed by atoms with E-state index in [-0.39, 0.29) is 5.92 Å². The van der Waals surface area contributed by atoms with Crippen molar-refractivity contribution in [1.82, 2.24) is 19.5 Å². The van der Waals surface area contributed by atoms with Gasteiger partial charge in [-0.15, -0.1) is 0 Å². The Morgan fingerprint density at radius 3 is 2.45 bits per heavy atom. The Hall–Kier alpha value is -3.29. The van der Waals surface area contributed by atoms with E-state index in [2.05, 4.69) is 20.9 Å². The first-order chi connectivity index (χ1) is 16.2. The van der Waals surface area contributed by atoms with Crippen molar-refractivity contribution >= 4 is 17.2 Å². The molecule has 8 heteroatoms. The molecule has 2 saturated heterocycles. The number of hydrogen-bond donors (Lipinski definition) is 0. The first kappa shape index (κ1) is 21.6. The predicted molar refractivity (Wildman–Crippen MR) is 127 cm³/mol. The largest absolute Gasteiger partial charge is 0.493 e. The molecular formula is C25H31N5O3. The topological polar surface area (TPSA) is 72.2 Å². The Morgan fingerprint density at radius 2 is 1.73 bits per heavy atom. The van der Waals surface area contributed by atoms with Crippen molar-refractivity contribution in [2.45, 2.75) is 32.1 Å². The van der Waals surface area contributed by atoms with Crippen LogP contribution in [-0.4, -0.2) is 65.8 Å². The normalized spacial score (nSPS) is 17.4. The van der Waals surface area contributed by atoms with Crippen LogP contribution in [0.4, 0.5) is 5.82 Å². The number of piperidine rings is 2. The van der Waals surface area contributed by atoms with Crippen molar-refractivity contribution in [3.8, 4) is 22.8 Å². The molecule has 0 N–H and O–H groups in total. The van der Waals surface area contributed by atoms with Crippen molar-refractivity contribution in [3.05, 3.63) is 36.7 Å². The monoisotopic (exact) mass is 449 g/mol. The minimum absolute atomic E-state index is 0.131. The Bertz CT molecular complexity index is 1130. The van der Waals surface area contributed by atoms with Gasteiger partial charge in [-0.25, -0.2) is 9.50 Å². The van der Waals surface area contributed by atoms with Crippen LogP contribution in [0.25, 0.3) is 16.8 Å². The van der Waals surface area contributed by atoms with Gasteiger partial charge >= 0.3 is 0 Å². The zero-order chi connectivity index (χ0) is 22.8. The van der Waals surface area contributed by atoms with Crippen molar-refractivity contribution in [1.29, 1.82) is 0 Å². The number of fused-ring (bicyclic) bond motifs is 1. The second kappa shape index (κ2) is 9.29. The van der Waals surface area contributed by atoms with Crippen LogP contribution in [0.1, 0.15) is 32.1 Å². The minimum atomic E-state index is 0.131. The van der Waals surface area contributed by atoms with E-state index < -0.39 is 0 Å². The molecule has 2 aliphatic heterocycles. The molecule has 2 fully saturated rings. The summed E-state index contributed by atoms with van der Waals surface area (Å²) in [5.41, 5.74) is 2.76. The fourth-order valence-electron chi connectivity index (χ4n) is 5.00. The molecule has 0 aliphatic carbocycles. The summed E-state index contributed by atoms with van der Waals surface area (Å²) >= 11 is 0. The molecule has 174 valence electrons. The highest BCUT2D eigenvalue weighted by Crippen LogP contribution is 2.34. The SMILES string of the molecule is COc1ccc(-c2cc3c(N4CCC(C(=O)N5CCCCC5)CC4)nccn3n2)cc1OC. The number of ether oxygens (including phenoxy) is 2. The molecule has 0 radical (unpaired) electrons. The van der Waals surface area contributed by atoms with Crippen molar-refractivity contribution in [2.75, 3.05) is 45.3 Å². The molecule has 0 atom stereocenters. The lowest BCUT2D eigenvalue weighted by Crippen LogP contribution is -2.44. The summed E-state index contributed by atoms with van der Waals surface area (Å²) in [6, 6.07) is 7.87. The number of amides is 1. The molecule has 5 rings (SSSR count). The van der Waals surface area contributed by atoms with E-state index in [0.29, 0.717) is 17.4 Å². The van der Waals surface area contributed by atoms with Crippen LogP contribution < -0.4 is 14.4 Å². The number of carbonyl (C=O) groups excluding carboxylic acids is 1. The summed E-state index contributed by atoms with van der Waals surface area (Å²) in [7, 11) is 3.26. The van der Waals surface area contributed by atoms with Crippen LogP contribution in [0, 0.1) is 5.92 Å². The van der Waals surface area contributed by atoms with Gasteiger partial charge in [-0.05, 0) is 56.4 Å². The summed E-state index contributed by atoms with van der Waals surface area (Å²) in [6.45, 7) is 3.50. The molecule has 2 aliphatic rings. The van der Waals surface area contributed by atoms with Gasteiger partial charge in [-0.3, -0.25) is 4.79 Å². The number of anilines is 1. The van der Waals surface area contributed by atoms with Gasteiger partial charge in [0.25, 0.3) is 0 Å². The Kier molecular flexibility index (Phi) is 6.07. The Labute approximate surface area is 194 Å². The summed E-state index contributed by atoms with van der Waals surface area (Å²) in [6.07, 6.45) is 8.92. The summed E-state index contributed by atoms with van der Waals surface area (Å²) in [5, 5.41) is 4.77. The molecule has 3 aromatic rings. The lowest BCUT2D eigenvalue weighted by Gasteiger charge is -2.36. The lowest BCUT2D eigenvalue weighted by molar-refractivity contribution is -0.137. The fourth-order valence-corrected chi connectivity index (χ4v) is 5.00. The van der Waals surface area contributed by atoms with Crippen LogP contribution in [0.2, 0.25) is 0 Å². The first-order valence-electron chi connectivity index (χ1n) is 11.8. The molecule has 1 amide bonds. The molecular weight excluding hydrogens is 418 g/mol. The van der Waals surface area contributed by atoms with Gasteiger partial charge in [0.1, 0.15) is 5.52 Å². The quantitative estimate of drug-likeness (QED) is 0.592. The fraction of sp³-hybridized carbons (Fsp3) is 0.480. The molecule has 0 saturated carbocycles. The van der Waals surface area contributed by atoms with Gasteiger partial charge in [0.2, 0.25) is 5.91 Å². The number of benzene rings is 1. The van der Waals surface area contributed by atoms with Crippen LogP contribution >= 0.6 is 0 Å². The third-order valence-electron chi connectivity index (χ3n) is 6.86. The van der Waals surface area contributed by atoms with Crippen LogP contribution in [-0.2, 0) is 4.79 Å². The Morgan fingerprint density at radius 1 is 0.970 bits per heavy atom. The van der Waals surface area contributed by atoms with Gasteiger partial charge in [-0.2, -0.15) is 5.10 Å².